The van der Waals surface area contributed by atoms with Gasteiger partial charge in [0, 0.05) is 104 Å². The molecule has 18 N–H and O–H groups in total. The van der Waals surface area contributed by atoms with Crippen molar-refractivity contribution in [3.63, 3.8) is 0 Å². The second-order valence-electron chi connectivity index (χ2n) is 31.3. The summed E-state index contributed by atoms with van der Waals surface area (Å²) in [6.07, 6.45) is 1.45. The maximum atomic E-state index is 12.1. The fourth-order valence-electron chi connectivity index (χ4n) is 14.3. The normalized spacial score (nSPS) is 10.4. The number of nitriles is 1. The van der Waals surface area contributed by atoms with Gasteiger partial charge in [0.05, 0.1) is 70.0 Å². The zero-order valence-electron chi connectivity index (χ0n) is 78.8. The van der Waals surface area contributed by atoms with Crippen LogP contribution in [-0.2, 0) is 110 Å². The number of carbonyl (C=O) groups excluding carboxylic acids is 7. The number of benzene rings is 10. The number of pyridine rings is 1. The predicted molar refractivity (Wildman–Crippen MR) is 548 cm³/mol. The molecule has 0 saturated heterocycles. The number of ether oxygens (including phenoxy) is 7. The third-order valence-electron chi connectivity index (χ3n) is 20.5. The molecule has 4 amide bonds. The Morgan fingerprint density at radius 3 is 1.06 bits per heavy atom. The van der Waals surface area contributed by atoms with Gasteiger partial charge in [0.25, 0.3) is 0 Å². The molecular formula is C104H106BClI2LiN9O23. The number of nitrogens with zero attached hydrogens (tertiary/aromatic N) is 2. The molecule has 0 saturated carbocycles. The minimum Gasteiger partial charge on any atom is -0.870 e. The average Bonchev–Trinajstić information content (AvgIpc) is 1.66. The Labute approximate surface area is 858 Å². The summed E-state index contributed by atoms with van der Waals surface area (Å²) in [6, 6.07) is 64.2. The van der Waals surface area contributed by atoms with Crippen molar-refractivity contribution in [1.29, 1.82) is 5.26 Å². The molecule has 32 nitrogen and oxygen atoms in total. The molecular weight excluding hydrogens is 2050 g/mol. The van der Waals surface area contributed by atoms with E-state index in [0.29, 0.717) is 113 Å². The van der Waals surface area contributed by atoms with Crippen molar-refractivity contribution in [1.82, 2.24) is 4.98 Å². The van der Waals surface area contributed by atoms with Crippen LogP contribution >= 0.6 is 57.6 Å². The van der Waals surface area contributed by atoms with Gasteiger partial charge in [-0.2, -0.15) is 5.26 Å². The zero-order chi connectivity index (χ0) is 100.0. The smallest absolute Gasteiger partial charge is 0.870 e. The largest absolute Gasteiger partial charge is 1.00 e. The van der Waals surface area contributed by atoms with Crippen LogP contribution in [0.5, 0.6) is 23.0 Å². The molecule has 15 aromatic rings. The van der Waals surface area contributed by atoms with Crippen LogP contribution < -0.4 is 83.4 Å². The molecule has 0 aliphatic carbocycles. The van der Waals surface area contributed by atoms with E-state index in [1.807, 2.05) is 149 Å². The van der Waals surface area contributed by atoms with Crippen molar-refractivity contribution in [2.24, 2.45) is 40.1 Å². The van der Waals surface area contributed by atoms with Crippen LogP contribution in [-0.4, -0.2) is 100 Å². The second kappa shape index (κ2) is 55.2. The molecule has 0 spiro atoms. The van der Waals surface area contributed by atoms with Gasteiger partial charge in [0.15, 0.2) is 0 Å². The van der Waals surface area contributed by atoms with Crippen molar-refractivity contribution in [3.8, 4) is 51.3 Å². The van der Waals surface area contributed by atoms with Crippen LogP contribution in [0.15, 0.2) is 230 Å². The Hall–Kier alpha value is -13.9. The summed E-state index contributed by atoms with van der Waals surface area (Å²) >= 11 is 4.47. The van der Waals surface area contributed by atoms with Gasteiger partial charge in [0.1, 0.15) is 94.8 Å². The van der Waals surface area contributed by atoms with Crippen molar-refractivity contribution in [3.05, 3.63) is 326 Å². The third-order valence-corrected chi connectivity index (χ3v) is 22.1. The summed E-state index contributed by atoms with van der Waals surface area (Å²) < 4.78 is 64.5. The van der Waals surface area contributed by atoms with Gasteiger partial charge >= 0.3 is 49.9 Å². The quantitative estimate of drug-likeness (QED) is 0.00810. The van der Waals surface area contributed by atoms with Gasteiger partial charge in [-0.3, -0.25) is 43.3 Å². The third kappa shape index (κ3) is 33.4. The number of hydrogen-bond donors (Lipinski definition) is 10. The van der Waals surface area contributed by atoms with Crippen LogP contribution in [0.3, 0.4) is 0 Å². The van der Waals surface area contributed by atoms with E-state index in [4.69, 9.17) is 101 Å². The van der Waals surface area contributed by atoms with E-state index >= 15 is 0 Å². The van der Waals surface area contributed by atoms with Crippen LogP contribution in [0.4, 0.5) is 0 Å². The molecule has 5 heterocycles. The molecule has 0 unspecified atom stereocenters. The van der Waals surface area contributed by atoms with Gasteiger partial charge in [-0.1, -0.05) is 60.7 Å². The van der Waals surface area contributed by atoms with Crippen molar-refractivity contribution in [2.75, 3.05) is 19.8 Å². The number of aliphatic carboxylic acids is 1. The van der Waals surface area contributed by atoms with E-state index in [1.165, 1.54) is 31.3 Å². The molecule has 15 rings (SSSR count). The number of halogens is 3. The Kier molecular flexibility index (Phi) is 44.7. The van der Waals surface area contributed by atoms with E-state index in [2.05, 4.69) is 62.0 Å². The minimum atomic E-state index is -1.44. The number of aryl methyl sites for hydroxylation is 4. The first-order valence-electron chi connectivity index (χ1n) is 43.4. The fraction of sp³-hybridized carbons (Fsp3) is 0.212. The molecule has 0 fully saturated rings. The first-order valence-corrected chi connectivity index (χ1v) is 45.5. The molecule has 0 aliphatic heterocycles. The first-order chi connectivity index (χ1) is 66.0. The van der Waals surface area contributed by atoms with E-state index < -0.39 is 30.8 Å². The number of aromatic nitrogens is 1. The number of hydrogen-bond acceptors (Lipinski definition) is 27. The van der Waals surface area contributed by atoms with Gasteiger partial charge < -0.3 is 112 Å². The maximum absolute atomic E-state index is 12.1. The average molecular weight is 2160 g/mol. The molecule has 0 bridgehead atoms. The second-order valence-corrected chi connectivity index (χ2v) is 33.6. The van der Waals surface area contributed by atoms with Crippen LogP contribution in [0.1, 0.15) is 149 Å². The monoisotopic (exact) mass is 2160 g/mol. The van der Waals surface area contributed by atoms with E-state index in [-0.39, 0.29) is 118 Å². The van der Waals surface area contributed by atoms with Gasteiger partial charge in [-0.25, -0.2) is 0 Å². The molecule has 0 atom stereocenters. The number of esters is 3. The van der Waals surface area contributed by atoms with E-state index in [1.54, 1.807) is 87.5 Å². The number of nitrogens with two attached hydrogens (primary N) is 7. The number of primary amides is 4. The minimum absolute atomic E-state index is 0. The molecule has 10 aromatic carbocycles. The van der Waals surface area contributed by atoms with Crippen LogP contribution in [0, 0.1) is 46.2 Å². The van der Waals surface area contributed by atoms with E-state index in [0.717, 1.165) is 130 Å². The summed E-state index contributed by atoms with van der Waals surface area (Å²) in [5.74, 6) is 0.836. The summed E-state index contributed by atoms with van der Waals surface area (Å²) in [7, 11) is -1.44. The topological polar surface area (TPSA) is 563 Å². The Morgan fingerprint density at radius 2 is 0.745 bits per heavy atom. The van der Waals surface area contributed by atoms with Crippen LogP contribution in [0.25, 0.3) is 66.1 Å². The molecule has 0 radical (unpaired) electrons. The number of fused-ring (bicyclic) bond motifs is 4. The number of carbonyl (C=O) groups is 8. The zero-order valence-corrected chi connectivity index (χ0v) is 84.0. The molecule has 141 heavy (non-hydrogen) atoms. The number of furan rings is 4. The number of carboxylic acids is 1. The molecule has 5 aromatic heterocycles. The number of amides is 4. The van der Waals surface area contributed by atoms with Gasteiger partial charge in [0.2, 0.25) is 23.6 Å². The first kappa shape index (κ1) is 114. The summed E-state index contributed by atoms with van der Waals surface area (Å²) in [5.41, 5.74) is 55.3. The Bertz CT molecular complexity index is 6990. The summed E-state index contributed by atoms with van der Waals surface area (Å²) in [5, 5.41) is 39.7. The number of rotatable bonds is 32. The van der Waals surface area contributed by atoms with E-state index in [9.17, 15) is 43.5 Å². The van der Waals surface area contributed by atoms with Crippen molar-refractivity contribution >= 4 is 162 Å². The van der Waals surface area contributed by atoms with Crippen LogP contribution in [0.2, 0.25) is 0 Å². The SMILES string of the molecule is CC(N)=O.CCOC(=O)Cc1ccc(C#N)cc1OCc1cc(I)c2oc(C)cc2c1.CCOC(=O)Cc1ccc(C(N)=O)cc1OCc1cc(-c2cccc(CN)c2)c2oc(C)cc2c1.CCOC(=O)Cc1ccc(C(N)=O)cc1OCc1cc(I)c2oc(C)cc2c1.Cc1cc2cc(COc3cc(C(N)=O)ccc3CC(=O)O)cc(-c3cccc(CN)c3)c2o1.Cl.NCc1cc(B(O)O)ccn1.[Li+].[OH-]. The molecule has 37 heteroatoms. The summed E-state index contributed by atoms with van der Waals surface area (Å²) in [4.78, 5) is 95.0. The molecule has 730 valence electrons. The van der Waals surface area contributed by atoms with Gasteiger partial charge in [-0.15, -0.1) is 12.4 Å². The standard InChI is InChI=1S/C28H28N2O5.C26H24N2O5.C21H20INO5.C21H18INO4.C6H9BN2O2.C2H5NO.ClH.Li.H2O/c1-3-33-26(31)14-21-7-8-22(28(30)32)13-25(21)34-16-19-11-23-9-17(2)35-27(23)24(12-19)20-6-4-5-18(10-20)15-29;1-15-7-21-9-17(10-22(25(21)33-15)18-4-2-3-16(8-18)13-27)14-32-23-11-20(26(28)31)6-5-19(23)12-24(29)30;1-3-26-19(24)10-14-4-5-15(21(23)25)9-18(14)27-11-13-7-16-6-12(2)28-20(16)17(22)8-13;1-3-25-20(24)10-16-5-4-14(11-23)9-19(16)26-12-15-7-17-6-13(2)27-21(17)18(22)8-15;8-4-6-3-5(7(10)11)1-2-9-6;1-2(3)4;;;/h4-13H,3,14-16,29H2,1-2H3,(H2,30,32);2-11H,12-14,27H2,1H3,(H2,28,31)(H,29,30);4-9H,3,10-11H2,1-2H3,(H2,23,25);4-9H,3,10,12H2,1-2H3;1-3,10-11H,4,8H2;1H3,(H2,3,4);1H;;1H2/q;;;;;;;+1;/p-1. The maximum Gasteiger partial charge on any atom is 1.00 e. The Morgan fingerprint density at radius 1 is 0.418 bits per heavy atom. The van der Waals surface area contributed by atoms with Gasteiger partial charge in [-0.05, 0) is 289 Å². The number of carboxylic acid groups (broad SMARTS) is 1. The Balaban J connectivity index is 0.000000242. The molecule has 0 aliphatic rings. The fourth-order valence-corrected chi connectivity index (χ4v) is 16.0. The van der Waals surface area contributed by atoms with Crippen molar-refractivity contribution in [2.45, 2.75) is 127 Å². The van der Waals surface area contributed by atoms with Crippen molar-refractivity contribution < 1.29 is 129 Å². The summed E-state index contributed by atoms with van der Waals surface area (Å²) in [6.45, 7) is 17.3. The predicted octanol–water partition coefficient (Wildman–Crippen LogP) is 12.8.